The van der Waals surface area contributed by atoms with E-state index in [4.69, 9.17) is 0 Å². The minimum atomic E-state index is -0.408. The second-order valence-electron chi connectivity index (χ2n) is 8.36. The van der Waals surface area contributed by atoms with Crippen molar-refractivity contribution in [3.05, 3.63) is 56.9 Å². The van der Waals surface area contributed by atoms with Crippen molar-refractivity contribution in [2.75, 3.05) is 37.6 Å². The van der Waals surface area contributed by atoms with Crippen LogP contribution >= 0.6 is 0 Å². The number of nitrogens with zero attached hydrogens (tertiary/aromatic N) is 5. The summed E-state index contributed by atoms with van der Waals surface area (Å²) in [6, 6.07) is 8.02. The fourth-order valence-corrected chi connectivity index (χ4v) is 4.31. The molecule has 4 heterocycles. The molecule has 1 aliphatic heterocycles. The molecular weight excluding hydrogens is 424 g/mol. The van der Waals surface area contributed by atoms with Gasteiger partial charge >= 0.3 is 5.69 Å². The standard InChI is InChI=1S/C22H26N8O3/c1-27-19-18(20(32)28(2)22(27)33)25-21(26-19)30-9-7-29(8-10-30)13-17(31)24-12-14-11-23-16-6-4-3-5-15(14)16/h3-6,11,23H,7-10,12-13H2,1-2H3,(H,24,31)(H,25,26). The Kier molecular flexibility index (Phi) is 5.25. The highest BCUT2D eigenvalue weighted by molar-refractivity contribution is 5.84. The molecule has 0 aliphatic carbocycles. The Labute approximate surface area is 188 Å². The maximum Gasteiger partial charge on any atom is 0.332 e. The fourth-order valence-electron chi connectivity index (χ4n) is 4.31. The van der Waals surface area contributed by atoms with Gasteiger partial charge in [-0.1, -0.05) is 18.2 Å². The number of anilines is 1. The number of rotatable bonds is 5. The van der Waals surface area contributed by atoms with Gasteiger partial charge in [-0.3, -0.25) is 23.6 Å². The van der Waals surface area contributed by atoms with Crippen LogP contribution in [0.15, 0.2) is 40.1 Å². The quantitative estimate of drug-likeness (QED) is 0.390. The molecule has 1 aliphatic rings. The zero-order valence-corrected chi connectivity index (χ0v) is 18.6. The monoisotopic (exact) mass is 450 g/mol. The summed E-state index contributed by atoms with van der Waals surface area (Å²) in [5.74, 6) is 0.544. The van der Waals surface area contributed by atoms with E-state index in [0.717, 1.165) is 21.0 Å². The molecule has 0 unspecified atom stereocenters. The molecule has 3 aromatic heterocycles. The molecule has 1 aromatic carbocycles. The highest BCUT2D eigenvalue weighted by Gasteiger charge is 2.23. The number of amides is 1. The average Bonchev–Trinajstić information content (AvgIpc) is 3.46. The van der Waals surface area contributed by atoms with Crippen molar-refractivity contribution in [2.24, 2.45) is 14.1 Å². The van der Waals surface area contributed by atoms with Crippen LogP contribution in [-0.4, -0.2) is 67.6 Å². The lowest BCUT2D eigenvalue weighted by Crippen LogP contribution is -2.49. The first-order valence-corrected chi connectivity index (χ1v) is 10.9. The Hall–Kier alpha value is -3.86. The number of hydrogen-bond acceptors (Lipinski definition) is 6. The van der Waals surface area contributed by atoms with E-state index in [0.29, 0.717) is 56.4 Å². The maximum atomic E-state index is 12.5. The summed E-state index contributed by atoms with van der Waals surface area (Å²) in [5.41, 5.74) is 1.98. The largest absolute Gasteiger partial charge is 0.361 e. The smallest absolute Gasteiger partial charge is 0.332 e. The lowest BCUT2D eigenvalue weighted by Gasteiger charge is -2.34. The molecule has 172 valence electrons. The average molecular weight is 451 g/mol. The molecule has 4 aromatic rings. The Morgan fingerprint density at radius 2 is 1.85 bits per heavy atom. The lowest BCUT2D eigenvalue weighted by molar-refractivity contribution is -0.122. The van der Waals surface area contributed by atoms with Crippen LogP contribution in [0.2, 0.25) is 0 Å². The normalized spacial score (nSPS) is 14.9. The molecule has 1 fully saturated rings. The second-order valence-corrected chi connectivity index (χ2v) is 8.36. The number of para-hydroxylation sites is 1. The summed E-state index contributed by atoms with van der Waals surface area (Å²) < 4.78 is 2.43. The number of H-pyrrole nitrogens is 2. The van der Waals surface area contributed by atoms with Crippen molar-refractivity contribution in [3.8, 4) is 0 Å². The summed E-state index contributed by atoms with van der Waals surface area (Å²) in [4.78, 5) is 51.9. The summed E-state index contributed by atoms with van der Waals surface area (Å²) >= 11 is 0. The van der Waals surface area contributed by atoms with Crippen LogP contribution in [0.1, 0.15) is 5.56 Å². The van der Waals surface area contributed by atoms with Crippen molar-refractivity contribution in [2.45, 2.75) is 6.54 Å². The first-order valence-electron chi connectivity index (χ1n) is 10.9. The molecule has 0 saturated carbocycles. The Morgan fingerprint density at radius 3 is 2.64 bits per heavy atom. The predicted octanol–water partition coefficient (Wildman–Crippen LogP) is -0.120. The summed E-state index contributed by atoms with van der Waals surface area (Å²) in [5, 5.41) is 4.12. The van der Waals surface area contributed by atoms with Crippen molar-refractivity contribution >= 4 is 33.9 Å². The first-order chi connectivity index (χ1) is 15.9. The first kappa shape index (κ1) is 21.0. The van der Waals surface area contributed by atoms with Gasteiger partial charge in [-0.2, -0.15) is 4.98 Å². The Bertz CT molecular complexity index is 1450. The van der Waals surface area contributed by atoms with Gasteiger partial charge in [-0.05, 0) is 11.6 Å². The van der Waals surface area contributed by atoms with E-state index in [1.54, 1.807) is 7.05 Å². The number of carbonyl (C=O) groups is 1. The van der Waals surface area contributed by atoms with Crippen LogP contribution in [0.5, 0.6) is 0 Å². The van der Waals surface area contributed by atoms with E-state index in [1.807, 2.05) is 35.4 Å². The second kappa shape index (κ2) is 8.24. The van der Waals surface area contributed by atoms with E-state index in [-0.39, 0.29) is 5.91 Å². The number of nitrogens with one attached hydrogen (secondary N) is 3. The molecule has 0 atom stereocenters. The van der Waals surface area contributed by atoms with Crippen LogP contribution in [0.25, 0.3) is 22.1 Å². The maximum absolute atomic E-state index is 12.5. The molecule has 33 heavy (non-hydrogen) atoms. The van der Waals surface area contributed by atoms with Crippen molar-refractivity contribution in [3.63, 3.8) is 0 Å². The molecule has 1 amide bonds. The molecule has 11 heteroatoms. The topological polar surface area (TPSA) is 124 Å². The lowest BCUT2D eigenvalue weighted by atomic mass is 10.2. The van der Waals surface area contributed by atoms with E-state index in [1.165, 1.54) is 11.6 Å². The third-order valence-corrected chi connectivity index (χ3v) is 6.27. The van der Waals surface area contributed by atoms with Crippen molar-refractivity contribution in [1.29, 1.82) is 0 Å². The number of aromatic nitrogens is 5. The number of aryl methyl sites for hydroxylation is 1. The molecule has 0 radical (unpaired) electrons. The zero-order valence-electron chi connectivity index (χ0n) is 18.6. The summed E-state index contributed by atoms with van der Waals surface area (Å²) in [6.45, 7) is 3.50. The number of benzene rings is 1. The van der Waals surface area contributed by atoms with Gasteiger partial charge in [-0.25, -0.2) is 4.79 Å². The van der Waals surface area contributed by atoms with Gasteiger partial charge in [0.2, 0.25) is 11.9 Å². The SMILES string of the molecule is Cn1c(=O)c2[nH]c(N3CCN(CC(=O)NCc4c[nH]c5ccccc45)CC3)nc2n(C)c1=O. The van der Waals surface area contributed by atoms with Crippen molar-refractivity contribution < 1.29 is 4.79 Å². The van der Waals surface area contributed by atoms with Gasteiger partial charge < -0.3 is 20.2 Å². The number of aromatic amines is 2. The van der Waals surface area contributed by atoms with Gasteiger partial charge in [0.05, 0.1) is 6.54 Å². The fraction of sp³-hybridized carbons (Fsp3) is 0.364. The van der Waals surface area contributed by atoms with Gasteiger partial charge in [0.25, 0.3) is 5.56 Å². The Balaban J connectivity index is 1.18. The van der Waals surface area contributed by atoms with Crippen LogP contribution in [0.3, 0.4) is 0 Å². The van der Waals surface area contributed by atoms with E-state index >= 15 is 0 Å². The molecular formula is C22H26N8O3. The minimum Gasteiger partial charge on any atom is -0.361 e. The van der Waals surface area contributed by atoms with Crippen LogP contribution in [0.4, 0.5) is 5.95 Å². The molecule has 0 spiro atoms. The minimum absolute atomic E-state index is 0.0176. The number of fused-ring (bicyclic) bond motifs is 2. The van der Waals surface area contributed by atoms with E-state index < -0.39 is 11.2 Å². The zero-order chi connectivity index (χ0) is 23.1. The summed E-state index contributed by atoms with van der Waals surface area (Å²) in [7, 11) is 3.05. The van der Waals surface area contributed by atoms with Crippen LogP contribution in [0, 0.1) is 0 Å². The van der Waals surface area contributed by atoms with Gasteiger partial charge in [0, 0.05) is 63.9 Å². The van der Waals surface area contributed by atoms with E-state index in [9.17, 15) is 14.4 Å². The number of carbonyl (C=O) groups excluding carboxylic acids is 1. The van der Waals surface area contributed by atoms with Gasteiger partial charge in [0.1, 0.15) is 0 Å². The van der Waals surface area contributed by atoms with Crippen LogP contribution < -0.4 is 21.5 Å². The Morgan fingerprint density at radius 1 is 1.09 bits per heavy atom. The molecule has 5 rings (SSSR count). The number of piperazine rings is 1. The third-order valence-electron chi connectivity index (χ3n) is 6.27. The molecule has 1 saturated heterocycles. The van der Waals surface area contributed by atoms with Crippen LogP contribution in [-0.2, 0) is 25.4 Å². The third kappa shape index (κ3) is 3.80. The molecule has 3 N–H and O–H groups in total. The molecule has 0 bridgehead atoms. The predicted molar refractivity (Wildman–Crippen MR) is 125 cm³/mol. The number of hydrogen-bond donors (Lipinski definition) is 3. The highest BCUT2D eigenvalue weighted by atomic mass is 16.2. The van der Waals surface area contributed by atoms with Crippen molar-refractivity contribution in [1.82, 2.24) is 34.3 Å². The van der Waals surface area contributed by atoms with E-state index in [2.05, 4.69) is 25.2 Å². The number of imidazole rings is 1. The highest BCUT2D eigenvalue weighted by Crippen LogP contribution is 2.18. The molecule has 11 nitrogen and oxygen atoms in total. The summed E-state index contributed by atoms with van der Waals surface area (Å²) in [6.07, 6.45) is 1.93. The van der Waals surface area contributed by atoms with Gasteiger partial charge in [-0.15, -0.1) is 0 Å². The van der Waals surface area contributed by atoms with Gasteiger partial charge in [0.15, 0.2) is 11.2 Å².